The summed E-state index contributed by atoms with van der Waals surface area (Å²) in [6.07, 6.45) is 3.05. The Balaban J connectivity index is 1.57. The molecule has 1 amide bonds. The fourth-order valence-corrected chi connectivity index (χ4v) is 4.29. The van der Waals surface area contributed by atoms with Crippen molar-refractivity contribution in [3.05, 3.63) is 27.7 Å². The molecule has 1 N–H and O–H groups in total. The average Bonchev–Trinajstić information content (AvgIpc) is 3.36. The second kappa shape index (κ2) is 9.64. The third-order valence-corrected chi connectivity index (χ3v) is 6.19. The van der Waals surface area contributed by atoms with Gasteiger partial charge in [-0.05, 0) is 58.6 Å². The molecule has 3 rings (SSSR count). The Hall–Kier alpha value is -2.01. The van der Waals surface area contributed by atoms with Gasteiger partial charge >= 0.3 is 5.97 Å². The van der Waals surface area contributed by atoms with Crippen molar-refractivity contribution in [3.63, 3.8) is 0 Å². The Morgan fingerprint density at radius 2 is 1.97 bits per heavy atom. The van der Waals surface area contributed by atoms with E-state index in [1.165, 1.54) is 6.07 Å². The average molecular weight is 468 g/mol. The van der Waals surface area contributed by atoms with E-state index in [1.54, 1.807) is 31.7 Å². The monoisotopic (exact) mass is 467 g/mol. The number of likely N-dealkylation sites (tertiary alicyclic amines) is 1. The first-order valence-electron chi connectivity index (χ1n) is 10.4. The van der Waals surface area contributed by atoms with Crippen LogP contribution >= 0.6 is 23.2 Å². The molecule has 0 spiro atoms. The Bertz CT molecular complexity index is 894. The van der Waals surface area contributed by atoms with Crippen LogP contribution in [0.15, 0.2) is 12.1 Å². The van der Waals surface area contributed by atoms with Crippen LogP contribution in [0.1, 0.15) is 56.8 Å². The summed E-state index contributed by atoms with van der Waals surface area (Å²) in [6, 6.07) is 4.66. The van der Waals surface area contributed by atoms with Crippen LogP contribution in [0.3, 0.4) is 0 Å². The maximum atomic E-state index is 12.7. The summed E-state index contributed by atoms with van der Waals surface area (Å²) in [5.41, 5.74) is -0.469. The van der Waals surface area contributed by atoms with Gasteiger partial charge in [-0.15, -0.1) is 0 Å². The van der Waals surface area contributed by atoms with Gasteiger partial charge < -0.3 is 14.4 Å². The van der Waals surface area contributed by atoms with Gasteiger partial charge in [-0.25, -0.2) is 4.79 Å². The minimum absolute atomic E-state index is 0.0191. The lowest BCUT2D eigenvalue weighted by Crippen LogP contribution is -2.47. The van der Waals surface area contributed by atoms with Crippen LogP contribution in [0.2, 0.25) is 10.0 Å². The van der Waals surface area contributed by atoms with Crippen molar-refractivity contribution in [1.29, 1.82) is 5.26 Å². The summed E-state index contributed by atoms with van der Waals surface area (Å²) in [5, 5.41) is 12.7. The van der Waals surface area contributed by atoms with E-state index < -0.39 is 11.6 Å². The van der Waals surface area contributed by atoms with Crippen LogP contribution in [0, 0.1) is 11.3 Å². The van der Waals surface area contributed by atoms with E-state index in [4.69, 9.17) is 32.7 Å². The highest BCUT2D eigenvalue weighted by Gasteiger charge is 2.37. The number of rotatable bonds is 5. The van der Waals surface area contributed by atoms with E-state index in [0.29, 0.717) is 25.3 Å². The molecule has 3 atom stereocenters. The number of esters is 1. The maximum Gasteiger partial charge on any atom is 0.340 e. The Labute approximate surface area is 192 Å². The van der Waals surface area contributed by atoms with Crippen molar-refractivity contribution >= 4 is 35.1 Å². The molecule has 2 heterocycles. The number of carbonyl (C=O) groups is 2. The van der Waals surface area contributed by atoms with Crippen LogP contribution in [-0.4, -0.2) is 53.7 Å². The van der Waals surface area contributed by atoms with Crippen molar-refractivity contribution < 1.29 is 19.1 Å². The Kier molecular flexibility index (Phi) is 7.35. The van der Waals surface area contributed by atoms with Crippen molar-refractivity contribution in [3.8, 4) is 11.8 Å². The maximum absolute atomic E-state index is 12.7. The quantitative estimate of drug-likeness (QED) is 0.658. The highest BCUT2D eigenvalue weighted by atomic mass is 35.5. The number of hydrogen-bond donors (Lipinski definition) is 1. The Morgan fingerprint density at radius 3 is 2.65 bits per heavy atom. The lowest BCUT2D eigenvalue weighted by molar-refractivity contribution is -0.133. The molecule has 168 valence electrons. The first kappa shape index (κ1) is 23.6. The fraction of sp³-hybridized carbons (Fsp3) is 0.591. The van der Waals surface area contributed by atoms with Crippen LogP contribution in [0.4, 0.5) is 0 Å². The number of nitriles is 1. The summed E-state index contributed by atoms with van der Waals surface area (Å²) in [6.45, 7) is 6.25. The highest BCUT2D eigenvalue weighted by molar-refractivity contribution is 6.44. The van der Waals surface area contributed by atoms with Gasteiger partial charge in [0, 0.05) is 12.6 Å². The first-order valence-corrected chi connectivity index (χ1v) is 11.2. The molecule has 7 nitrogen and oxygen atoms in total. The van der Waals surface area contributed by atoms with Gasteiger partial charge in [0.25, 0.3) is 0 Å². The molecule has 0 unspecified atom stereocenters. The minimum Gasteiger partial charge on any atom is -0.490 e. The molecule has 2 aliphatic rings. The number of carbonyl (C=O) groups excluding carboxylic acids is 2. The molecule has 1 aromatic rings. The molecule has 2 fully saturated rings. The smallest absolute Gasteiger partial charge is 0.340 e. The zero-order chi connectivity index (χ0) is 22.8. The Morgan fingerprint density at radius 1 is 1.23 bits per heavy atom. The zero-order valence-electron chi connectivity index (χ0n) is 17.9. The SMILES string of the molecule is CC(C)(C)OC(=O)c1ccc(OC[C@H]2CC[C@@H](C(=O)N3CCC[C@H]3C#N)N2)c(Cl)c1Cl. The molecule has 0 aromatic heterocycles. The van der Waals surface area contributed by atoms with Crippen LogP contribution < -0.4 is 10.1 Å². The van der Waals surface area contributed by atoms with Gasteiger partial charge in [-0.3, -0.25) is 10.1 Å². The molecule has 2 aliphatic heterocycles. The highest BCUT2D eigenvalue weighted by Crippen LogP contribution is 2.36. The number of ether oxygens (including phenoxy) is 2. The number of halogens is 2. The third-order valence-electron chi connectivity index (χ3n) is 5.33. The number of nitrogens with one attached hydrogen (secondary N) is 1. The van der Waals surface area contributed by atoms with E-state index in [1.807, 2.05) is 0 Å². The van der Waals surface area contributed by atoms with Crippen molar-refractivity contribution in [1.82, 2.24) is 10.2 Å². The van der Waals surface area contributed by atoms with E-state index in [2.05, 4.69) is 11.4 Å². The third kappa shape index (κ3) is 5.62. The van der Waals surface area contributed by atoms with Gasteiger partial charge in [-0.2, -0.15) is 5.26 Å². The van der Waals surface area contributed by atoms with Crippen molar-refractivity contribution in [2.75, 3.05) is 13.2 Å². The standard InChI is InChI=1S/C22H27Cl2N3O4/c1-22(2,3)31-21(29)15-7-9-17(19(24)18(15)23)30-12-13-6-8-16(26-13)20(28)27-10-4-5-14(27)11-25/h7,9,13-14,16,26H,4-6,8,10,12H2,1-3H3/t13-,14+,16+/m1/s1. The molecule has 0 bridgehead atoms. The molecule has 0 radical (unpaired) electrons. The van der Waals surface area contributed by atoms with E-state index >= 15 is 0 Å². The molecule has 0 saturated carbocycles. The molecular weight excluding hydrogens is 441 g/mol. The zero-order valence-corrected chi connectivity index (χ0v) is 19.4. The summed E-state index contributed by atoms with van der Waals surface area (Å²) >= 11 is 12.6. The minimum atomic E-state index is -0.646. The van der Waals surface area contributed by atoms with Gasteiger partial charge in [-0.1, -0.05) is 23.2 Å². The number of amides is 1. The van der Waals surface area contributed by atoms with E-state index in [0.717, 1.165) is 19.3 Å². The second-order valence-electron chi connectivity index (χ2n) is 8.86. The molecule has 9 heteroatoms. The number of hydrogen-bond acceptors (Lipinski definition) is 6. The lowest BCUT2D eigenvalue weighted by atomic mass is 10.1. The molecule has 2 saturated heterocycles. The summed E-state index contributed by atoms with van der Waals surface area (Å²) in [5.74, 6) is -0.212. The number of nitrogens with zero attached hydrogens (tertiary/aromatic N) is 2. The normalized spacial score (nSPS) is 23.5. The van der Waals surface area contributed by atoms with Gasteiger partial charge in [0.2, 0.25) is 5.91 Å². The van der Waals surface area contributed by atoms with Crippen LogP contribution in [-0.2, 0) is 9.53 Å². The molecular formula is C22H27Cl2N3O4. The van der Waals surface area contributed by atoms with E-state index in [-0.39, 0.29) is 39.6 Å². The number of benzene rings is 1. The van der Waals surface area contributed by atoms with Gasteiger partial charge in [0.05, 0.1) is 22.7 Å². The predicted octanol–water partition coefficient (Wildman–Crippen LogP) is 3.96. The van der Waals surface area contributed by atoms with Crippen LogP contribution in [0.5, 0.6) is 5.75 Å². The lowest BCUT2D eigenvalue weighted by Gasteiger charge is -2.24. The molecule has 0 aliphatic carbocycles. The van der Waals surface area contributed by atoms with Gasteiger partial charge in [0.15, 0.2) is 0 Å². The summed E-state index contributed by atoms with van der Waals surface area (Å²) in [7, 11) is 0. The molecule has 31 heavy (non-hydrogen) atoms. The molecule has 1 aromatic carbocycles. The topological polar surface area (TPSA) is 91.7 Å². The fourth-order valence-electron chi connectivity index (χ4n) is 3.83. The second-order valence-corrected chi connectivity index (χ2v) is 9.62. The van der Waals surface area contributed by atoms with Gasteiger partial charge in [0.1, 0.15) is 29.0 Å². The van der Waals surface area contributed by atoms with E-state index in [9.17, 15) is 14.9 Å². The van der Waals surface area contributed by atoms with Crippen molar-refractivity contribution in [2.45, 2.75) is 70.2 Å². The van der Waals surface area contributed by atoms with Crippen molar-refractivity contribution in [2.24, 2.45) is 0 Å². The summed E-state index contributed by atoms with van der Waals surface area (Å²) in [4.78, 5) is 26.7. The predicted molar refractivity (Wildman–Crippen MR) is 117 cm³/mol. The first-order chi connectivity index (χ1) is 14.6. The van der Waals surface area contributed by atoms with Crippen LogP contribution in [0.25, 0.3) is 0 Å². The largest absolute Gasteiger partial charge is 0.490 e. The summed E-state index contributed by atoms with van der Waals surface area (Å²) < 4.78 is 11.2.